The van der Waals surface area contributed by atoms with Gasteiger partial charge in [0.1, 0.15) is 0 Å². The second kappa shape index (κ2) is 3.57. The zero-order valence-corrected chi connectivity index (χ0v) is 10.0. The van der Waals surface area contributed by atoms with E-state index in [9.17, 15) is 0 Å². The molecule has 2 aromatic rings. The number of fused-ring (bicyclic) bond motifs is 1. The molecule has 0 N–H and O–H groups in total. The Kier molecular flexibility index (Phi) is 2.44. The molecule has 0 amide bonds. The van der Waals surface area contributed by atoms with Crippen molar-refractivity contribution in [3.05, 3.63) is 24.3 Å². The summed E-state index contributed by atoms with van der Waals surface area (Å²) in [5, 5.41) is 0. The molecule has 0 bridgehead atoms. The van der Waals surface area contributed by atoms with E-state index in [1.807, 2.05) is 17.4 Å². The van der Waals surface area contributed by atoms with Crippen LogP contribution in [0.5, 0.6) is 0 Å². The first-order chi connectivity index (χ1) is 6.25. The minimum atomic E-state index is -0.295. The topological polar surface area (TPSA) is 16.1 Å². The van der Waals surface area contributed by atoms with Crippen LogP contribution in [0, 0.1) is 0 Å². The summed E-state index contributed by atoms with van der Waals surface area (Å²) in [6.45, 7) is 0. The van der Waals surface area contributed by atoms with Gasteiger partial charge in [0.15, 0.2) is 9.68 Å². The molecule has 1 aromatic heterocycles. The third-order valence-corrected chi connectivity index (χ3v) is 4.56. The molecular formula is C9H12N2SSi. The average Bonchev–Trinajstić information content (AvgIpc) is 2.44. The molecule has 4 heteroatoms. The first-order valence-electron chi connectivity index (χ1n) is 4.25. The molecule has 0 aliphatic heterocycles. The highest BCUT2D eigenvalue weighted by Crippen LogP contribution is 2.14. The number of aromatic nitrogens is 1. The number of benzene rings is 1. The van der Waals surface area contributed by atoms with Gasteiger partial charge in [0.05, 0.1) is 14.8 Å². The predicted octanol–water partition coefficient (Wildman–Crippen LogP) is 0.567. The van der Waals surface area contributed by atoms with Crippen LogP contribution in [-0.2, 0) is 0 Å². The minimum Gasteiger partial charge on any atom is -0.329 e. The predicted molar refractivity (Wildman–Crippen MR) is 61.5 cm³/mol. The molecule has 0 unspecified atom stereocenters. The fourth-order valence-electron chi connectivity index (χ4n) is 1.26. The second-order valence-corrected chi connectivity index (χ2v) is 7.19. The monoisotopic (exact) mass is 208 g/mol. The molecule has 1 heterocycles. The summed E-state index contributed by atoms with van der Waals surface area (Å²) in [7, 11) is 3.95. The maximum Gasteiger partial charge on any atom is 0.163 e. The molecule has 1 aromatic carbocycles. The maximum atomic E-state index is 4.59. The molecule has 0 saturated heterocycles. The molecule has 68 valence electrons. The van der Waals surface area contributed by atoms with E-state index in [1.54, 1.807) is 0 Å². The standard InChI is InChI=1S/C9H12N2SSi/c1-11(2)13-9-10-7-5-3-4-6-8(7)12-9/h3-6H,13H2,1-2H3. The van der Waals surface area contributed by atoms with Crippen LogP contribution in [0.1, 0.15) is 0 Å². The van der Waals surface area contributed by atoms with Gasteiger partial charge < -0.3 is 4.57 Å². The lowest BCUT2D eigenvalue weighted by molar-refractivity contribution is 0.669. The molecule has 2 rings (SSSR count). The molecule has 0 fully saturated rings. The third-order valence-electron chi connectivity index (χ3n) is 1.79. The first kappa shape index (κ1) is 8.87. The van der Waals surface area contributed by atoms with Crippen LogP contribution in [0.15, 0.2) is 24.3 Å². The molecule has 0 atom stereocenters. The summed E-state index contributed by atoms with van der Waals surface area (Å²) >= 11 is 1.83. The first-order valence-corrected chi connectivity index (χ1v) is 6.40. The Balaban J connectivity index is 2.38. The van der Waals surface area contributed by atoms with Crippen molar-refractivity contribution in [2.75, 3.05) is 14.1 Å². The number of thiazole rings is 1. The van der Waals surface area contributed by atoms with Crippen molar-refractivity contribution in [1.29, 1.82) is 0 Å². The highest BCUT2D eigenvalue weighted by molar-refractivity contribution is 7.26. The van der Waals surface area contributed by atoms with Gasteiger partial charge in [-0.3, -0.25) is 0 Å². The Labute approximate surface area is 84.1 Å². The van der Waals surface area contributed by atoms with Crippen molar-refractivity contribution in [2.24, 2.45) is 0 Å². The third kappa shape index (κ3) is 1.96. The Morgan fingerprint density at radius 3 is 2.77 bits per heavy atom. The summed E-state index contributed by atoms with van der Waals surface area (Å²) < 4.78 is 4.91. The highest BCUT2D eigenvalue weighted by Gasteiger charge is 2.03. The molecule has 13 heavy (non-hydrogen) atoms. The lowest BCUT2D eigenvalue weighted by Gasteiger charge is -2.03. The molecule has 0 spiro atoms. The van der Waals surface area contributed by atoms with E-state index in [-0.39, 0.29) is 9.68 Å². The number of nitrogens with zero attached hydrogens (tertiary/aromatic N) is 2. The molecular weight excluding hydrogens is 196 g/mol. The van der Waals surface area contributed by atoms with Gasteiger partial charge in [0.2, 0.25) is 0 Å². The summed E-state index contributed by atoms with van der Waals surface area (Å²) in [5.41, 5.74) is 1.15. The Bertz CT molecular complexity index is 378. The minimum absolute atomic E-state index is 0.295. The SMILES string of the molecule is CN(C)[SiH2]c1nc2ccccc2s1. The second-order valence-electron chi connectivity index (χ2n) is 3.31. The normalized spacial score (nSPS) is 12.2. The quantitative estimate of drug-likeness (QED) is 0.671. The lowest BCUT2D eigenvalue weighted by Crippen LogP contribution is -2.28. The molecule has 2 nitrogen and oxygen atoms in total. The van der Waals surface area contributed by atoms with Gasteiger partial charge in [-0.25, -0.2) is 4.98 Å². The van der Waals surface area contributed by atoms with E-state index in [0.717, 1.165) is 5.52 Å². The van der Waals surface area contributed by atoms with Crippen LogP contribution in [0.25, 0.3) is 10.2 Å². The number of hydrogen-bond donors (Lipinski definition) is 0. The Morgan fingerprint density at radius 1 is 1.31 bits per heavy atom. The van der Waals surface area contributed by atoms with Gasteiger partial charge in [-0.2, -0.15) is 0 Å². The van der Waals surface area contributed by atoms with Crippen molar-refractivity contribution in [3.8, 4) is 0 Å². The van der Waals surface area contributed by atoms with Gasteiger partial charge in [-0.05, 0) is 26.2 Å². The van der Waals surface area contributed by atoms with Crippen molar-refractivity contribution in [3.63, 3.8) is 0 Å². The van der Waals surface area contributed by atoms with E-state index in [0.29, 0.717) is 0 Å². The van der Waals surface area contributed by atoms with Crippen LogP contribution >= 0.6 is 11.3 Å². The maximum absolute atomic E-state index is 4.59. The number of para-hydroxylation sites is 1. The van der Waals surface area contributed by atoms with E-state index < -0.39 is 0 Å². The summed E-state index contributed by atoms with van der Waals surface area (Å²) in [4.78, 5) is 4.59. The van der Waals surface area contributed by atoms with Crippen molar-refractivity contribution in [2.45, 2.75) is 0 Å². The zero-order chi connectivity index (χ0) is 9.26. The zero-order valence-electron chi connectivity index (χ0n) is 7.82. The van der Waals surface area contributed by atoms with Gasteiger partial charge in [0, 0.05) is 0 Å². The summed E-state index contributed by atoms with van der Waals surface area (Å²) in [5.74, 6) is 0. The fourth-order valence-corrected chi connectivity index (χ4v) is 4.30. The molecule has 0 saturated carbocycles. The van der Waals surface area contributed by atoms with Crippen LogP contribution in [0.3, 0.4) is 0 Å². The van der Waals surface area contributed by atoms with Crippen molar-refractivity contribution >= 4 is 35.9 Å². The summed E-state index contributed by atoms with van der Waals surface area (Å²) in [6, 6.07) is 8.34. The number of rotatable bonds is 2. The van der Waals surface area contributed by atoms with E-state index in [4.69, 9.17) is 0 Å². The molecule has 0 radical (unpaired) electrons. The van der Waals surface area contributed by atoms with Gasteiger partial charge in [0.25, 0.3) is 0 Å². The van der Waals surface area contributed by atoms with Crippen molar-refractivity contribution < 1.29 is 0 Å². The van der Waals surface area contributed by atoms with Crippen molar-refractivity contribution in [1.82, 2.24) is 9.55 Å². The largest absolute Gasteiger partial charge is 0.329 e. The smallest absolute Gasteiger partial charge is 0.163 e. The lowest BCUT2D eigenvalue weighted by atomic mass is 10.3. The fraction of sp³-hybridized carbons (Fsp3) is 0.222. The number of hydrogen-bond acceptors (Lipinski definition) is 3. The van der Waals surface area contributed by atoms with Crippen LogP contribution < -0.4 is 4.63 Å². The van der Waals surface area contributed by atoms with Gasteiger partial charge >= 0.3 is 0 Å². The van der Waals surface area contributed by atoms with Crippen LogP contribution in [0.2, 0.25) is 0 Å². The van der Waals surface area contributed by atoms with E-state index in [1.165, 1.54) is 9.33 Å². The Morgan fingerprint density at radius 2 is 2.08 bits per heavy atom. The Hall–Kier alpha value is -0.713. The van der Waals surface area contributed by atoms with Gasteiger partial charge in [-0.1, -0.05) is 12.1 Å². The summed E-state index contributed by atoms with van der Waals surface area (Å²) in [6.07, 6.45) is 0. The average molecular weight is 208 g/mol. The highest BCUT2D eigenvalue weighted by atomic mass is 32.1. The van der Waals surface area contributed by atoms with E-state index in [2.05, 4.69) is 41.8 Å². The van der Waals surface area contributed by atoms with Crippen LogP contribution in [0.4, 0.5) is 0 Å². The molecule has 0 aliphatic rings. The van der Waals surface area contributed by atoms with E-state index >= 15 is 0 Å². The van der Waals surface area contributed by atoms with Gasteiger partial charge in [-0.15, -0.1) is 11.3 Å². The molecule has 0 aliphatic carbocycles. The van der Waals surface area contributed by atoms with Crippen LogP contribution in [-0.4, -0.2) is 33.3 Å².